The number of hydrogen-bond donors (Lipinski definition) is 2. The molecule has 0 amide bonds. The summed E-state index contributed by atoms with van der Waals surface area (Å²) in [4.78, 5) is 11.3. The smallest absolute Gasteiger partial charge is 0.391 e. The van der Waals surface area contributed by atoms with Crippen LogP contribution >= 0.6 is 0 Å². The van der Waals surface area contributed by atoms with Gasteiger partial charge in [-0.15, -0.1) is 0 Å². The monoisotopic (exact) mass is 374 g/mol. The molecule has 0 aliphatic carbocycles. The van der Waals surface area contributed by atoms with Gasteiger partial charge in [-0.3, -0.25) is 0 Å². The van der Waals surface area contributed by atoms with Crippen LogP contribution in [0.4, 0.5) is 24.9 Å². The molecule has 2 aliphatic heterocycles. The van der Waals surface area contributed by atoms with Crippen molar-refractivity contribution in [3.05, 3.63) is 11.8 Å². The van der Waals surface area contributed by atoms with Crippen molar-refractivity contribution in [2.75, 3.05) is 36.0 Å². The van der Waals surface area contributed by atoms with Crippen LogP contribution in [0.25, 0.3) is 0 Å². The first-order valence-corrected chi connectivity index (χ1v) is 8.97. The third kappa shape index (κ3) is 4.03. The quantitative estimate of drug-likeness (QED) is 0.824. The van der Waals surface area contributed by atoms with E-state index in [2.05, 4.69) is 9.97 Å². The number of rotatable bonds is 2. The second-order valence-corrected chi connectivity index (χ2v) is 7.47. The van der Waals surface area contributed by atoms with E-state index >= 15 is 0 Å². The Morgan fingerprint density at radius 3 is 2.04 bits per heavy atom. The van der Waals surface area contributed by atoms with Gasteiger partial charge in [0.15, 0.2) is 5.69 Å². The van der Waals surface area contributed by atoms with Crippen LogP contribution in [0, 0.1) is 11.8 Å². The van der Waals surface area contributed by atoms with Crippen molar-refractivity contribution in [1.82, 2.24) is 9.97 Å². The van der Waals surface area contributed by atoms with Crippen LogP contribution < -0.4 is 9.80 Å². The minimum Gasteiger partial charge on any atom is -0.391 e. The van der Waals surface area contributed by atoms with Crippen LogP contribution in [0.5, 0.6) is 0 Å². The zero-order chi connectivity index (χ0) is 19.1. The van der Waals surface area contributed by atoms with Crippen molar-refractivity contribution in [3.63, 3.8) is 0 Å². The van der Waals surface area contributed by atoms with E-state index in [-0.39, 0.29) is 36.7 Å². The summed E-state index contributed by atoms with van der Waals surface area (Å²) in [6, 6.07) is 0.940. The van der Waals surface area contributed by atoms with Gasteiger partial charge in [-0.2, -0.15) is 18.2 Å². The summed E-state index contributed by atoms with van der Waals surface area (Å²) >= 11 is 0. The normalized spacial score (nSPS) is 30.6. The molecule has 4 unspecified atom stereocenters. The van der Waals surface area contributed by atoms with E-state index < -0.39 is 24.1 Å². The summed E-state index contributed by atoms with van der Waals surface area (Å²) < 4.78 is 40.0. The predicted molar refractivity (Wildman–Crippen MR) is 91.0 cm³/mol. The molecule has 1 aromatic rings. The number of halogens is 3. The maximum absolute atomic E-state index is 13.3. The van der Waals surface area contributed by atoms with Gasteiger partial charge in [-0.05, 0) is 24.7 Å². The van der Waals surface area contributed by atoms with E-state index in [0.717, 1.165) is 6.07 Å². The lowest BCUT2D eigenvalue weighted by atomic mass is 9.96. The number of anilines is 2. The Balaban J connectivity index is 1.92. The summed E-state index contributed by atoms with van der Waals surface area (Å²) in [6.07, 6.45) is -4.47. The van der Waals surface area contributed by atoms with Crippen LogP contribution in [0.2, 0.25) is 0 Å². The lowest BCUT2D eigenvalue weighted by molar-refractivity contribution is -0.141. The van der Waals surface area contributed by atoms with Crippen LogP contribution in [0.1, 0.15) is 32.4 Å². The fraction of sp³-hybridized carbons (Fsp3) is 0.765. The third-order valence-corrected chi connectivity index (χ3v) is 5.44. The first-order chi connectivity index (χ1) is 12.1. The molecule has 3 rings (SSSR count). The van der Waals surface area contributed by atoms with Crippen LogP contribution in [0.15, 0.2) is 6.07 Å². The average Bonchev–Trinajstić information content (AvgIpc) is 2.58. The summed E-state index contributed by atoms with van der Waals surface area (Å²) in [5.74, 6) is 0.346. The molecule has 1 aromatic heterocycles. The van der Waals surface area contributed by atoms with Gasteiger partial charge in [-0.1, -0.05) is 13.8 Å². The molecule has 146 valence electrons. The number of nitrogens with zero attached hydrogens (tertiary/aromatic N) is 4. The Kier molecular flexibility index (Phi) is 5.30. The molecule has 0 saturated carbocycles. The van der Waals surface area contributed by atoms with Crippen molar-refractivity contribution in [2.45, 2.75) is 45.1 Å². The van der Waals surface area contributed by atoms with Crippen molar-refractivity contribution < 1.29 is 23.4 Å². The highest BCUT2D eigenvalue weighted by atomic mass is 19.4. The van der Waals surface area contributed by atoms with E-state index in [0.29, 0.717) is 25.9 Å². The highest BCUT2D eigenvalue weighted by Crippen LogP contribution is 2.33. The van der Waals surface area contributed by atoms with Crippen molar-refractivity contribution in [3.8, 4) is 0 Å². The molecule has 0 radical (unpaired) electrons. The minimum atomic E-state index is -4.59. The molecule has 2 N–H and O–H groups in total. The predicted octanol–water partition coefficient (Wildman–Crippen LogP) is 1.91. The molecule has 2 saturated heterocycles. The molecular formula is C17H25F3N4O2. The fourth-order valence-corrected chi connectivity index (χ4v) is 3.36. The largest absolute Gasteiger partial charge is 0.433 e. The molecule has 2 aliphatic rings. The second kappa shape index (κ2) is 7.19. The molecule has 9 heteroatoms. The molecule has 3 heterocycles. The number of aliphatic hydroxyl groups excluding tert-OH is 2. The topological polar surface area (TPSA) is 72.7 Å². The summed E-state index contributed by atoms with van der Waals surface area (Å²) in [7, 11) is 0. The SMILES string of the molecule is CC1CCN(c2cc(C(F)(F)F)nc(N3CCC(C)C(O)C3)n2)CC1O. The van der Waals surface area contributed by atoms with Gasteiger partial charge in [0.1, 0.15) is 5.82 Å². The van der Waals surface area contributed by atoms with E-state index in [1.165, 1.54) is 0 Å². The first kappa shape index (κ1) is 19.2. The van der Waals surface area contributed by atoms with Crippen molar-refractivity contribution in [2.24, 2.45) is 11.8 Å². The first-order valence-electron chi connectivity index (χ1n) is 8.97. The molecular weight excluding hydrogens is 349 g/mol. The average molecular weight is 374 g/mol. The van der Waals surface area contributed by atoms with Gasteiger partial charge < -0.3 is 20.0 Å². The zero-order valence-electron chi connectivity index (χ0n) is 14.9. The number of aliphatic hydroxyl groups is 2. The van der Waals surface area contributed by atoms with E-state index in [9.17, 15) is 23.4 Å². The van der Waals surface area contributed by atoms with Crippen LogP contribution in [0.3, 0.4) is 0 Å². The molecule has 0 spiro atoms. The molecule has 6 nitrogen and oxygen atoms in total. The standard InChI is InChI=1S/C17H25F3N4O2/c1-10-3-5-23(8-12(10)25)15-7-14(17(18,19)20)21-16(22-15)24-6-4-11(2)13(26)9-24/h7,10-13,25-26H,3-6,8-9H2,1-2H3. The van der Waals surface area contributed by atoms with Gasteiger partial charge in [0.05, 0.1) is 12.2 Å². The van der Waals surface area contributed by atoms with Crippen molar-refractivity contribution in [1.29, 1.82) is 0 Å². The van der Waals surface area contributed by atoms with Crippen LogP contribution in [-0.4, -0.2) is 58.6 Å². The Bertz CT molecular complexity index is 599. The van der Waals surface area contributed by atoms with E-state index in [1.807, 2.05) is 13.8 Å². The van der Waals surface area contributed by atoms with Gasteiger partial charge in [0.2, 0.25) is 5.95 Å². The molecule has 2 fully saturated rings. The molecule has 0 aromatic carbocycles. The van der Waals surface area contributed by atoms with E-state index in [1.54, 1.807) is 9.80 Å². The number of β-amino-alcohol motifs (C(OH)–C–C–N with tert-alkyl or cyclic N) is 2. The van der Waals surface area contributed by atoms with E-state index in [4.69, 9.17) is 0 Å². The zero-order valence-corrected chi connectivity index (χ0v) is 14.9. The Labute approximate surface area is 150 Å². The highest BCUT2D eigenvalue weighted by molar-refractivity contribution is 5.47. The van der Waals surface area contributed by atoms with Gasteiger partial charge in [0, 0.05) is 32.2 Å². The van der Waals surface area contributed by atoms with Gasteiger partial charge in [-0.25, -0.2) is 4.98 Å². The number of alkyl halides is 3. The fourth-order valence-electron chi connectivity index (χ4n) is 3.36. The third-order valence-electron chi connectivity index (χ3n) is 5.44. The maximum atomic E-state index is 13.3. The van der Waals surface area contributed by atoms with Crippen LogP contribution in [-0.2, 0) is 6.18 Å². The Morgan fingerprint density at radius 1 is 0.962 bits per heavy atom. The minimum absolute atomic E-state index is 0.0195. The number of hydrogen-bond acceptors (Lipinski definition) is 6. The maximum Gasteiger partial charge on any atom is 0.433 e. The van der Waals surface area contributed by atoms with Gasteiger partial charge in [0.25, 0.3) is 0 Å². The summed E-state index contributed by atoms with van der Waals surface area (Å²) in [6.45, 7) is 5.32. The van der Waals surface area contributed by atoms with Gasteiger partial charge >= 0.3 is 6.18 Å². The number of aromatic nitrogens is 2. The lowest BCUT2D eigenvalue weighted by Crippen LogP contribution is -2.45. The van der Waals surface area contributed by atoms with Crippen molar-refractivity contribution >= 4 is 11.8 Å². The Morgan fingerprint density at radius 2 is 1.50 bits per heavy atom. The second-order valence-electron chi connectivity index (χ2n) is 7.47. The summed E-state index contributed by atoms with van der Waals surface area (Å²) in [5.41, 5.74) is -1.00. The number of piperidine rings is 2. The molecule has 0 bridgehead atoms. The summed E-state index contributed by atoms with van der Waals surface area (Å²) in [5, 5.41) is 20.1. The Hall–Kier alpha value is -1.61. The highest BCUT2D eigenvalue weighted by Gasteiger charge is 2.36. The molecule has 4 atom stereocenters. The lowest BCUT2D eigenvalue weighted by Gasteiger charge is -2.37. The molecule has 26 heavy (non-hydrogen) atoms.